The number of rotatable bonds is 2. The lowest BCUT2D eigenvalue weighted by Crippen LogP contribution is -2.23. The molecule has 2 aromatic carbocycles. The standard InChI is InChI=1S/C28H42O2S/c1-25(2,3)19-13-15-21(27(7,8)9)23(17-19)31(29,30)24-18-20(26(4,5)6)14-16-22(24)28(10,11)12/h13-18H,1-12H3. The van der Waals surface area contributed by atoms with Crippen LogP contribution in [0.25, 0.3) is 0 Å². The first kappa shape index (κ1) is 25.6. The average molecular weight is 443 g/mol. The smallest absolute Gasteiger partial charge is 0.207 e. The third kappa shape index (κ3) is 5.42. The van der Waals surface area contributed by atoms with Crippen molar-refractivity contribution in [2.45, 2.75) is 115 Å². The molecule has 0 unspecified atom stereocenters. The molecule has 0 aliphatic heterocycles. The van der Waals surface area contributed by atoms with Gasteiger partial charge in [-0.15, -0.1) is 0 Å². The maximum Gasteiger partial charge on any atom is 0.207 e. The Hall–Kier alpha value is -1.61. The van der Waals surface area contributed by atoms with E-state index in [1.54, 1.807) is 0 Å². The van der Waals surface area contributed by atoms with Crippen LogP contribution < -0.4 is 0 Å². The summed E-state index contributed by atoms with van der Waals surface area (Å²) in [4.78, 5) is 0.868. The van der Waals surface area contributed by atoms with Crippen molar-refractivity contribution in [3.05, 3.63) is 58.7 Å². The van der Waals surface area contributed by atoms with Crippen molar-refractivity contribution in [2.75, 3.05) is 0 Å². The van der Waals surface area contributed by atoms with E-state index < -0.39 is 9.84 Å². The Morgan fingerprint density at radius 2 is 0.774 bits per heavy atom. The number of hydrogen-bond acceptors (Lipinski definition) is 2. The van der Waals surface area contributed by atoms with Gasteiger partial charge in [0.25, 0.3) is 0 Å². The number of benzene rings is 2. The van der Waals surface area contributed by atoms with Crippen molar-refractivity contribution >= 4 is 9.84 Å². The first-order chi connectivity index (χ1) is 13.7. The van der Waals surface area contributed by atoms with E-state index in [1.807, 2.05) is 24.3 Å². The molecule has 0 fully saturated rings. The molecule has 0 atom stereocenters. The summed E-state index contributed by atoms with van der Waals surface area (Å²) in [5.74, 6) is 0. The van der Waals surface area contributed by atoms with Crippen LogP contribution in [-0.4, -0.2) is 8.42 Å². The zero-order valence-electron chi connectivity index (χ0n) is 21.7. The van der Waals surface area contributed by atoms with Crippen molar-refractivity contribution in [2.24, 2.45) is 0 Å². The average Bonchev–Trinajstić information content (AvgIpc) is 2.57. The van der Waals surface area contributed by atoms with Gasteiger partial charge in [-0.1, -0.05) is 107 Å². The maximum atomic E-state index is 14.3. The Balaban J connectivity index is 2.98. The molecule has 0 aromatic heterocycles. The van der Waals surface area contributed by atoms with Crippen LogP contribution in [0.1, 0.15) is 105 Å². The summed E-state index contributed by atoms with van der Waals surface area (Å²) in [6.07, 6.45) is 0. The molecule has 0 N–H and O–H groups in total. The first-order valence-corrected chi connectivity index (χ1v) is 12.7. The van der Waals surface area contributed by atoms with E-state index in [1.165, 1.54) is 0 Å². The van der Waals surface area contributed by atoms with Crippen molar-refractivity contribution in [1.29, 1.82) is 0 Å². The molecule has 31 heavy (non-hydrogen) atoms. The van der Waals surface area contributed by atoms with Crippen LogP contribution in [0.4, 0.5) is 0 Å². The summed E-state index contributed by atoms with van der Waals surface area (Å²) in [5.41, 5.74) is 2.93. The van der Waals surface area contributed by atoms with E-state index in [9.17, 15) is 8.42 Å². The van der Waals surface area contributed by atoms with Gasteiger partial charge in [0.1, 0.15) is 0 Å². The zero-order chi connectivity index (χ0) is 24.2. The largest absolute Gasteiger partial charge is 0.218 e. The van der Waals surface area contributed by atoms with Gasteiger partial charge in [0.05, 0.1) is 9.79 Å². The van der Waals surface area contributed by atoms with Crippen LogP contribution in [0.15, 0.2) is 46.2 Å². The van der Waals surface area contributed by atoms with Gasteiger partial charge in [-0.2, -0.15) is 0 Å². The highest BCUT2D eigenvalue weighted by Crippen LogP contribution is 2.40. The van der Waals surface area contributed by atoms with Gasteiger partial charge in [0.2, 0.25) is 9.84 Å². The molecule has 2 aromatic rings. The molecule has 172 valence electrons. The Morgan fingerprint density at radius 3 is 1.00 bits per heavy atom. The van der Waals surface area contributed by atoms with Crippen LogP contribution in [0.5, 0.6) is 0 Å². The molecule has 2 nitrogen and oxygen atoms in total. The minimum atomic E-state index is -3.73. The van der Waals surface area contributed by atoms with Crippen LogP contribution in [0.3, 0.4) is 0 Å². The highest BCUT2D eigenvalue weighted by Gasteiger charge is 2.33. The molecule has 2 rings (SSSR count). The minimum Gasteiger partial charge on any atom is -0.218 e. The molecule has 0 spiro atoms. The topological polar surface area (TPSA) is 34.1 Å². The second-order valence-electron chi connectivity index (χ2n) is 12.9. The Kier molecular flexibility index (Phi) is 6.42. The quantitative estimate of drug-likeness (QED) is 0.477. The van der Waals surface area contributed by atoms with Gasteiger partial charge in [-0.3, -0.25) is 0 Å². The van der Waals surface area contributed by atoms with E-state index >= 15 is 0 Å². The molecule has 0 saturated carbocycles. The summed E-state index contributed by atoms with van der Waals surface area (Å²) < 4.78 is 28.7. The summed E-state index contributed by atoms with van der Waals surface area (Å²) in [5, 5.41) is 0. The number of sulfone groups is 1. The molecule has 0 bridgehead atoms. The van der Waals surface area contributed by atoms with Gasteiger partial charge in [-0.05, 0) is 56.0 Å². The fourth-order valence-electron chi connectivity index (χ4n) is 3.78. The Morgan fingerprint density at radius 1 is 0.484 bits per heavy atom. The van der Waals surface area contributed by atoms with Crippen molar-refractivity contribution in [1.82, 2.24) is 0 Å². The minimum absolute atomic E-state index is 0.138. The van der Waals surface area contributed by atoms with Gasteiger partial charge >= 0.3 is 0 Å². The first-order valence-electron chi connectivity index (χ1n) is 11.2. The Labute approximate surface area is 191 Å². The SMILES string of the molecule is CC(C)(C)c1ccc(C(C)(C)C)c(S(=O)(=O)c2cc(C(C)(C)C)ccc2C(C)(C)C)c1. The molecule has 0 heterocycles. The molecule has 0 amide bonds. The molecule has 0 aliphatic carbocycles. The predicted molar refractivity (Wildman–Crippen MR) is 133 cm³/mol. The summed E-state index contributed by atoms with van der Waals surface area (Å²) in [6.45, 7) is 25.2. The number of hydrogen-bond donors (Lipinski definition) is 0. The molecular formula is C28H42O2S. The highest BCUT2D eigenvalue weighted by molar-refractivity contribution is 7.91. The van der Waals surface area contributed by atoms with E-state index in [2.05, 4.69) is 95.2 Å². The van der Waals surface area contributed by atoms with Gasteiger partial charge in [0, 0.05) is 0 Å². The third-order valence-corrected chi connectivity index (χ3v) is 7.72. The normalized spacial score (nSPS) is 14.1. The Bertz CT molecular complexity index is 980. The van der Waals surface area contributed by atoms with Crippen LogP contribution >= 0.6 is 0 Å². The predicted octanol–water partition coefficient (Wildman–Crippen LogP) is 7.71. The fourth-order valence-corrected chi connectivity index (χ4v) is 5.91. The molecule has 0 radical (unpaired) electrons. The summed E-state index contributed by atoms with van der Waals surface area (Å²) >= 11 is 0. The van der Waals surface area contributed by atoms with Crippen molar-refractivity contribution in [3.63, 3.8) is 0 Å². The lowest BCUT2D eigenvalue weighted by molar-refractivity contribution is 0.542. The van der Waals surface area contributed by atoms with Crippen LogP contribution in [0.2, 0.25) is 0 Å². The highest BCUT2D eigenvalue weighted by atomic mass is 32.2. The summed E-state index contributed by atoms with van der Waals surface area (Å²) in [7, 11) is -3.73. The van der Waals surface area contributed by atoms with E-state index in [0.29, 0.717) is 9.79 Å². The lowest BCUT2D eigenvalue weighted by Gasteiger charge is -2.29. The van der Waals surface area contributed by atoms with Crippen LogP contribution in [-0.2, 0) is 31.5 Å². The van der Waals surface area contributed by atoms with E-state index in [0.717, 1.165) is 22.3 Å². The molecule has 3 heteroatoms. The molecular weight excluding hydrogens is 400 g/mol. The zero-order valence-corrected chi connectivity index (χ0v) is 22.5. The maximum absolute atomic E-state index is 14.3. The second kappa shape index (κ2) is 7.76. The van der Waals surface area contributed by atoms with Crippen LogP contribution in [0, 0.1) is 0 Å². The van der Waals surface area contributed by atoms with Gasteiger partial charge < -0.3 is 0 Å². The molecule has 0 saturated heterocycles. The monoisotopic (exact) mass is 442 g/mol. The van der Waals surface area contributed by atoms with Crippen molar-refractivity contribution in [3.8, 4) is 0 Å². The fraction of sp³-hybridized carbons (Fsp3) is 0.571. The lowest BCUT2D eigenvalue weighted by atomic mass is 9.82. The summed E-state index contributed by atoms with van der Waals surface area (Å²) in [6, 6.07) is 12.0. The van der Waals surface area contributed by atoms with Gasteiger partial charge in [-0.25, -0.2) is 8.42 Å². The van der Waals surface area contributed by atoms with Gasteiger partial charge in [0.15, 0.2) is 0 Å². The van der Waals surface area contributed by atoms with E-state index in [4.69, 9.17) is 0 Å². The third-order valence-electron chi connectivity index (χ3n) is 5.89. The second-order valence-corrected chi connectivity index (χ2v) is 14.8. The van der Waals surface area contributed by atoms with E-state index in [-0.39, 0.29) is 21.7 Å². The van der Waals surface area contributed by atoms with Crippen molar-refractivity contribution < 1.29 is 8.42 Å². The molecule has 0 aliphatic rings.